The fraction of sp³-hybridized carbons (Fsp3) is 0.444. The molecule has 1 unspecified atom stereocenters. The lowest BCUT2D eigenvalue weighted by Gasteiger charge is -2.15. The minimum atomic E-state index is -0.369. The summed E-state index contributed by atoms with van der Waals surface area (Å²) < 4.78 is 3.63. The van der Waals surface area contributed by atoms with Crippen molar-refractivity contribution in [2.45, 2.75) is 44.6 Å². The van der Waals surface area contributed by atoms with Gasteiger partial charge in [-0.2, -0.15) is 5.10 Å². The molecule has 1 saturated carbocycles. The van der Waals surface area contributed by atoms with Gasteiger partial charge in [0.25, 0.3) is 0 Å². The Kier molecular flexibility index (Phi) is 5.47. The van der Waals surface area contributed by atoms with E-state index >= 15 is 0 Å². The molecule has 142 valence electrons. The number of halogens is 1. The van der Waals surface area contributed by atoms with Crippen molar-refractivity contribution in [1.82, 2.24) is 35.1 Å². The molecule has 0 aromatic carbocycles. The van der Waals surface area contributed by atoms with Crippen molar-refractivity contribution in [1.29, 1.82) is 0 Å². The van der Waals surface area contributed by atoms with E-state index < -0.39 is 0 Å². The van der Waals surface area contributed by atoms with E-state index in [-0.39, 0.29) is 12.1 Å². The number of hydrogen-bond acceptors (Lipinski definition) is 6. The van der Waals surface area contributed by atoms with E-state index in [9.17, 15) is 5.11 Å². The average molecular weight is 388 g/mol. The highest BCUT2D eigenvalue weighted by molar-refractivity contribution is 6.30. The van der Waals surface area contributed by atoms with Crippen LogP contribution in [0.5, 0.6) is 0 Å². The number of aromatic nitrogens is 6. The number of hydrogen-bond donors (Lipinski definition) is 2. The summed E-state index contributed by atoms with van der Waals surface area (Å²) in [5.41, 5.74) is 1.93. The molecule has 0 radical (unpaired) electrons. The minimum Gasteiger partial charge on any atom is -0.391 e. The van der Waals surface area contributed by atoms with Crippen molar-refractivity contribution in [3.8, 4) is 0 Å². The van der Waals surface area contributed by atoms with E-state index in [0.29, 0.717) is 24.0 Å². The monoisotopic (exact) mass is 387 g/mol. The molecule has 3 atom stereocenters. The minimum absolute atomic E-state index is 0.0458. The topological polar surface area (TPSA) is 93.7 Å². The molecule has 27 heavy (non-hydrogen) atoms. The van der Waals surface area contributed by atoms with Gasteiger partial charge >= 0.3 is 0 Å². The molecule has 0 amide bonds. The molecule has 3 heterocycles. The molecule has 0 spiro atoms. The first-order chi connectivity index (χ1) is 13.2. The first-order valence-corrected chi connectivity index (χ1v) is 9.41. The Morgan fingerprint density at radius 3 is 2.93 bits per heavy atom. The van der Waals surface area contributed by atoms with Gasteiger partial charge in [-0.05, 0) is 30.4 Å². The largest absolute Gasteiger partial charge is 0.391 e. The Labute approximate surface area is 162 Å². The first-order valence-electron chi connectivity index (χ1n) is 9.03. The van der Waals surface area contributed by atoms with Gasteiger partial charge < -0.3 is 10.4 Å². The Bertz CT molecular complexity index is 865. The maximum Gasteiger partial charge on any atom is 0.0965 e. The van der Waals surface area contributed by atoms with Crippen LogP contribution in [0.2, 0.25) is 5.02 Å². The van der Waals surface area contributed by atoms with Crippen LogP contribution in [-0.4, -0.2) is 47.0 Å². The molecule has 1 aliphatic rings. The average Bonchev–Trinajstić information content (AvgIpc) is 3.36. The fourth-order valence-corrected chi connectivity index (χ4v) is 3.76. The summed E-state index contributed by atoms with van der Waals surface area (Å²) in [5.74, 6) is 0.370. The van der Waals surface area contributed by atoms with Crippen LogP contribution < -0.4 is 5.32 Å². The van der Waals surface area contributed by atoms with Crippen LogP contribution in [0.4, 0.5) is 0 Å². The van der Waals surface area contributed by atoms with Crippen molar-refractivity contribution >= 4 is 11.6 Å². The zero-order chi connectivity index (χ0) is 18.6. The van der Waals surface area contributed by atoms with Crippen LogP contribution in [0.1, 0.15) is 24.1 Å². The van der Waals surface area contributed by atoms with E-state index in [0.717, 1.165) is 30.6 Å². The second kappa shape index (κ2) is 8.16. The fourth-order valence-electron chi connectivity index (χ4n) is 3.60. The molecule has 1 aliphatic carbocycles. The van der Waals surface area contributed by atoms with Gasteiger partial charge in [0, 0.05) is 37.7 Å². The number of rotatable bonds is 7. The number of aliphatic hydroxyl groups excluding tert-OH is 1. The number of aliphatic hydroxyl groups is 1. The third-order valence-electron chi connectivity index (χ3n) is 4.87. The smallest absolute Gasteiger partial charge is 0.0965 e. The van der Waals surface area contributed by atoms with Crippen LogP contribution in [0.15, 0.2) is 43.1 Å². The highest BCUT2D eigenvalue weighted by Gasteiger charge is 2.33. The molecule has 2 N–H and O–H groups in total. The lowest BCUT2D eigenvalue weighted by Crippen LogP contribution is -2.35. The van der Waals surface area contributed by atoms with Gasteiger partial charge in [0.15, 0.2) is 0 Å². The Hall–Kier alpha value is -2.29. The summed E-state index contributed by atoms with van der Waals surface area (Å²) in [6.07, 6.45) is 10.2. The third kappa shape index (κ3) is 4.71. The van der Waals surface area contributed by atoms with Crippen molar-refractivity contribution in [2.75, 3.05) is 0 Å². The standard InChI is InChI=1S/C18H22ClN7O/c19-15-7-22-25(11-15)10-14-4-17(18(27)5-14)21-8-16-12-26(24-23-16)9-13-2-1-3-20-6-13/h1-3,6-7,11-12,14,17-18,21,27H,4-5,8-10H2/t14?,17-,18-/m1/s1. The molecule has 0 saturated heterocycles. The number of nitrogens with one attached hydrogen (secondary N) is 1. The number of nitrogens with zero attached hydrogens (tertiary/aromatic N) is 6. The predicted octanol–water partition coefficient (Wildman–Crippen LogP) is 1.50. The normalized spacial score (nSPS) is 22.4. The molecule has 3 aromatic heterocycles. The summed E-state index contributed by atoms with van der Waals surface area (Å²) in [6, 6.07) is 3.96. The van der Waals surface area contributed by atoms with Crippen LogP contribution in [0.25, 0.3) is 0 Å². The van der Waals surface area contributed by atoms with Crippen LogP contribution >= 0.6 is 11.6 Å². The second-order valence-electron chi connectivity index (χ2n) is 7.04. The molecule has 1 fully saturated rings. The summed E-state index contributed by atoms with van der Waals surface area (Å²) in [7, 11) is 0. The van der Waals surface area contributed by atoms with E-state index in [4.69, 9.17) is 11.6 Å². The maximum absolute atomic E-state index is 10.4. The third-order valence-corrected chi connectivity index (χ3v) is 5.07. The molecule has 0 aliphatic heterocycles. The quantitative estimate of drug-likeness (QED) is 0.638. The van der Waals surface area contributed by atoms with E-state index in [1.807, 2.05) is 35.4 Å². The first kappa shape index (κ1) is 18.1. The highest BCUT2D eigenvalue weighted by Crippen LogP contribution is 2.28. The van der Waals surface area contributed by atoms with Gasteiger partial charge in [-0.25, -0.2) is 4.68 Å². The molecular weight excluding hydrogens is 366 g/mol. The second-order valence-corrected chi connectivity index (χ2v) is 7.48. The molecule has 4 rings (SSSR count). The SMILES string of the molecule is O[C@@H]1CC(Cn2cc(Cl)cn2)C[C@H]1NCc1cn(Cc2cccnc2)nn1. The van der Waals surface area contributed by atoms with Gasteiger partial charge in [0.2, 0.25) is 0 Å². The summed E-state index contributed by atoms with van der Waals surface area (Å²) in [4.78, 5) is 4.11. The van der Waals surface area contributed by atoms with Crippen LogP contribution in [-0.2, 0) is 19.6 Å². The van der Waals surface area contributed by atoms with Crippen LogP contribution in [0, 0.1) is 5.92 Å². The van der Waals surface area contributed by atoms with Gasteiger partial charge in [-0.1, -0.05) is 22.9 Å². The zero-order valence-electron chi connectivity index (χ0n) is 14.8. The zero-order valence-corrected chi connectivity index (χ0v) is 15.6. The van der Waals surface area contributed by atoms with Gasteiger partial charge in [0.1, 0.15) is 0 Å². The molecular formula is C18H22ClN7O. The van der Waals surface area contributed by atoms with E-state index in [1.54, 1.807) is 17.1 Å². The lowest BCUT2D eigenvalue weighted by molar-refractivity contribution is 0.145. The van der Waals surface area contributed by atoms with Crippen molar-refractivity contribution < 1.29 is 5.11 Å². The lowest BCUT2D eigenvalue weighted by atomic mass is 10.1. The Morgan fingerprint density at radius 1 is 1.22 bits per heavy atom. The van der Waals surface area contributed by atoms with Crippen LogP contribution in [0.3, 0.4) is 0 Å². The Balaban J connectivity index is 1.27. The molecule has 8 nitrogen and oxygen atoms in total. The van der Waals surface area contributed by atoms with Gasteiger partial charge in [-0.3, -0.25) is 9.67 Å². The van der Waals surface area contributed by atoms with Crippen molar-refractivity contribution in [3.05, 3.63) is 59.4 Å². The predicted molar refractivity (Wildman–Crippen MR) is 100.0 cm³/mol. The highest BCUT2D eigenvalue weighted by atomic mass is 35.5. The van der Waals surface area contributed by atoms with E-state index in [1.165, 1.54) is 0 Å². The number of pyridine rings is 1. The van der Waals surface area contributed by atoms with Crippen molar-refractivity contribution in [2.24, 2.45) is 5.92 Å². The van der Waals surface area contributed by atoms with Crippen molar-refractivity contribution in [3.63, 3.8) is 0 Å². The molecule has 0 bridgehead atoms. The maximum atomic E-state index is 10.4. The summed E-state index contributed by atoms with van der Waals surface area (Å²) >= 11 is 5.91. The molecule has 3 aromatic rings. The summed E-state index contributed by atoms with van der Waals surface area (Å²) in [6.45, 7) is 1.99. The Morgan fingerprint density at radius 2 is 2.15 bits per heavy atom. The van der Waals surface area contributed by atoms with E-state index in [2.05, 4.69) is 25.7 Å². The molecule has 9 heteroatoms. The summed E-state index contributed by atoms with van der Waals surface area (Å²) in [5, 5.41) is 27.0. The van der Waals surface area contributed by atoms with Gasteiger partial charge in [0.05, 0.1) is 35.8 Å². The van der Waals surface area contributed by atoms with Gasteiger partial charge in [-0.15, -0.1) is 5.10 Å².